The molecule has 0 unspecified atom stereocenters. The van der Waals surface area contributed by atoms with E-state index in [1.807, 2.05) is 0 Å². The molecule has 1 N–H and O–H groups in total. The van der Waals surface area contributed by atoms with Crippen LogP contribution in [0.3, 0.4) is 0 Å². The fourth-order valence-electron chi connectivity index (χ4n) is 1.40. The number of carboxylic acids is 1. The molecule has 82 valence electrons. The highest BCUT2D eigenvalue weighted by Gasteiger charge is 2.34. The van der Waals surface area contributed by atoms with Gasteiger partial charge in [0.2, 0.25) is 0 Å². The number of tetrazole rings is 1. The lowest BCUT2D eigenvalue weighted by atomic mass is 9.94. The highest BCUT2D eigenvalue weighted by Crippen LogP contribution is 2.38. The summed E-state index contributed by atoms with van der Waals surface area (Å²) in [4.78, 5) is 11.0. The Labute approximate surface area is 87.3 Å². The van der Waals surface area contributed by atoms with Gasteiger partial charge in [-0.25, -0.2) is 4.68 Å². The topological polar surface area (TPSA) is 80.9 Å². The summed E-state index contributed by atoms with van der Waals surface area (Å²) in [5.41, 5.74) is -0.834. The molecule has 1 heterocycles. The van der Waals surface area contributed by atoms with Gasteiger partial charge in [0.1, 0.15) is 0 Å². The minimum absolute atomic E-state index is 0.321. The molecule has 1 fully saturated rings. The molecule has 0 atom stereocenters. The van der Waals surface area contributed by atoms with E-state index in [2.05, 4.69) is 15.5 Å². The van der Waals surface area contributed by atoms with E-state index in [0.29, 0.717) is 12.5 Å². The van der Waals surface area contributed by atoms with Gasteiger partial charge >= 0.3 is 5.97 Å². The molecule has 15 heavy (non-hydrogen) atoms. The van der Waals surface area contributed by atoms with Gasteiger partial charge in [0.05, 0.1) is 12.0 Å². The standard InChI is InChI=1S/C9H14N4O2/c1-9(2,8(14)15)5-13-7(6-3-4-6)10-11-12-13/h6H,3-5H2,1-2H3,(H,14,15). The Morgan fingerprint density at radius 1 is 1.60 bits per heavy atom. The number of aliphatic carboxylic acids is 1. The molecular weight excluding hydrogens is 196 g/mol. The van der Waals surface area contributed by atoms with Crippen molar-refractivity contribution in [1.82, 2.24) is 20.2 Å². The molecule has 6 heteroatoms. The molecule has 1 aliphatic rings. The minimum atomic E-state index is -0.834. The van der Waals surface area contributed by atoms with Gasteiger partial charge in [-0.05, 0) is 37.1 Å². The van der Waals surface area contributed by atoms with Crippen LogP contribution in [0.5, 0.6) is 0 Å². The molecule has 1 aliphatic carbocycles. The average Bonchev–Trinajstić information content (AvgIpc) is 2.88. The number of carbonyl (C=O) groups is 1. The lowest BCUT2D eigenvalue weighted by Gasteiger charge is -2.18. The van der Waals surface area contributed by atoms with Crippen molar-refractivity contribution in [2.75, 3.05) is 0 Å². The van der Waals surface area contributed by atoms with Gasteiger partial charge in [0, 0.05) is 5.92 Å². The lowest BCUT2D eigenvalue weighted by molar-refractivity contribution is -0.147. The summed E-state index contributed by atoms with van der Waals surface area (Å²) in [5, 5.41) is 20.4. The molecule has 0 spiro atoms. The first-order valence-corrected chi connectivity index (χ1v) is 5.00. The van der Waals surface area contributed by atoms with Crippen LogP contribution in [0.1, 0.15) is 38.4 Å². The predicted octanol–water partition coefficient (Wildman–Crippen LogP) is 0.661. The van der Waals surface area contributed by atoms with Gasteiger partial charge in [-0.1, -0.05) is 0 Å². The van der Waals surface area contributed by atoms with Crippen molar-refractivity contribution in [3.05, 3.63) is 5.82 Å². The SMILES string of the molecule is CC(C)(Cn1nnnc1C1CC1)C(=O)O. The van der Waals surface area contributed by atoms with Crippen molar-refractivity contribution >= 4 is 5.97 Å². The van der Waals surface area contributed by atoms with Gasteiger partial charge in [-0.2, -0.15) is 0 Å². The Hall–Kier alpha value is -1.46. The summed E-state index contributed by atoms with van der Waals surface area (Å²) in [6.07, 6.45) is 2.21. The zero-order valence-corrected chi connectivity index (χ0v) is 8.84. The third kappa shape index (κ3) is 1.98. The largest absolute Gasteiger partial charge is 0.481 e. The van der Waals surface area contributed by atoms with Gasteiger partial charge in [-0.15, -0.1) is 5.10 Å². The van der Waals surface area contributed by atoms with E-state index in [9.17, 15) is 4.79 Å². The van der Waals surface area contributed by atoms with E-state index in [0.717, 1.165) is 18.7 Å². The maximum atomic E-state index is 11.0. The summed E-state index contributed by atoms with van der Waals surface area (Å²) in [5.74, 6) is 0.425. The Morgan fingerprint density at radius 2 is 2.27 bits per heavy atom. The summed E-state index contributed by atoms with van der Waals surface area (Å²) in [6.45, 7) is 3.67. The Balaban J connectivity index is 2.16. The van der Waals surface area contributed by atoms with Crippen molar-refractivity contribution in [3.63, 3.8) is 0 Å². The maximum Gasteiger partial charge on any atom is 0.310 e. The molecule has 0 radical (unpaired) electrons. The summed E-state index contributed by atoms with van der Waals surface area (Å²) < 4.78 is 1.62. The monoisotopic (exact) mass is 210 g/mol. The average molecular weight is 210 g/mol. The van der Waals surface area contributed by atoms with Crippen molar-refractivity contribution in [2.24, 2.45) is 5.41 Å². The second kappa shape index (κ2) is 3.29. The fraction of sp³-hybridized carbons (Fsp3) is 0.778. The van der Waals surface area contributed by atoms with Crippen LogP contribution in [0.25, 0.3) is 0 Å². The maximum absolute atomic E-state index is 11.0. The van der Waals surface area contributed by atoms with Gasteiger partial charge in [-0.3, -0.25) is 4.79 Å². The second-order valence-corrected chi connectivity index (χ2v) is 4.66. The zero-order chi connectivity index (χ0) is 11.1. The Kier molecular flexibility index (Phi) is 2.21. The van der Waals surface area contributed by atoms with Crippen LogP contribution in [0.15, 0.2) is 0 Å². The Bertz CT molecular complexity index is 381. The molecular formula is C9H14N4O2. The van der Waals surface area contributed by atoms with Crippen LogP contribution in [0.4, 0.5) is 0 Å². The van der Waals surface area contributed by atoms with Gasteiger partial charge in [0.15, 0.2) is 5.82 Å². The molecule has 1 aromatic rings. The Morgan fingerprint density at radius 3 is 2.80 bits per heavy atom. The number of nitrogens with zero attached hydrogens (tertiary/aromatic N) is 4. The van der Waals surface area contributed by atoms with Crippen molar-refractivity contribution in [3.8, 4) is 0 Å². The third-order valence-corrected chi connectivity index (χ3v) is 2.63. The summed E-state index contributed by atoms with van der Waals surface area (Å²) >= 11 is 0. The van der Waals surface area contributed by atoms with Gasteiger partial charge in [0.25, 0.3) is 0 Å². The number of hydrogen-bond acceptors (Lipinski definition) is 4. The molecule has 6 nitrogen and oxygen atoms in total. The van der Waals surface area contributed by atoms with Crippen molar-refractivity contribution in [1.29, 1.82) is 0 Å². The first kappa shape index (κ1) is 10.1. The summed E-state index contributed by atoms with van der Waals surface area (Å²) in [7, 11) is 0. The molecule has 0 amide bonds. The molecule has 0 aromatic carbocycles. The molecule has 2 rings (SSSR count). The third-order valence-electron chi connectivity index (χ3n) is 2.63. The van der Waals surface area contributed by atoms with E-state index in [4.69, 9.17) is 5.11 Å². The second-order valence-electron chi connectivity index (χ2n) is 4.66. The normalized spacial score (nSPS) is 16.7. The van der Waals surface area contributed by atoms with Crippen LogP contribution in [0.2, 0.25) is 0 Å². The highest BCUT2D eigenvalue weighted by molar-refractivity contribution is 5.73. The number of aromatic nitrogens is 4. The van der Waals surface area contributed by atoms with Crippen molar-refractivity contribution < 1.29 is 9.90 Å². The smallest absolute Gasteiger partial charge is 0.310 e. The highest BCUT2D eigenvalue weighted by atomic mass is 16.4. The number of carboxylic acid groups (broad SMARTS) is 1. The van der Waals surface area contributed by atoms with E-state index in [-0.39, 0.29) is 0 Å². The van der Waals surface area contributed by atoms with Crippen LogP contribution in [-0.4, -0.2) is 31.3 Å². The summed E-state index contributed by atoms with van der Waals surface area (Å²) in [6, 6.07) is 0. The first-order chi connectivity index (χ1) is 7.00. The van der Waals surface area contributed by atoms with Crippen LogP contribution in [0, 0.1) is 5.41 Å². The first-order valence-electron chi connectivity index (χ1n) is 5.00. The van der Waals surface area contributed by atoms with E-state index in [1.54, 1.807) is 18.5 Å². The number of rotatable bonds is 4. The number of hydrogen-bond donors (Lipinski definition) is 1. The molecule has 0 saturated heterocycles. The van der Waals surface area contributed by atoms with E-state index < -0.39 is 11.4 Å². The van der Waals surface area contributed by atoms with Crippen LogP contribution < -0.4 is 0 Å². The molecule has 0 bridgehead atoms. The van der Waals surface area contributed by atoms with E-state index in [1.165, 1.54) is 0 Å². The van der Waals surface area contributed by atoms with E-state index >= 15 is 0 Å². The van der Waals surface area contributed by atoms with Crippen LogP contribution in [-0.2, 0) is 11.3 Å². The predicted molar refractivity (Wildman–Crippen MR) is 51.2 cm³/mol. The molecule has 0 aliphatic heterocycles. The van der Waals surface area contributed by atoms with Crippen LogP contribution >= 0.6 is 0 Å². The fourth-order valence-corrected chi connectivity index (χ4v) is 1.40. The van der Waals surface area contributed by atoms with Gasteiger partial charge < -0.3 is 5.11 Å². The minimum Gasteiger partial charge on any atom is -0.481 e. The lowest BCUT2D eigenvalue weighted by Crippen LogP contribution is -2.30. The quantitative estimate of drug-likeness (QED) is 0.789. The molecule has 1 aromatic heterocycles. The molecule has 1 saturated carbocycles. The van der Waals surface area contributed by atoms with Crippen molar-refractivity contribution in [2.45, 2.75) is 39.2 Å². The zero-order valence-electron chi connectivity index (χ0n) is 8.84.